The molecule has 3 aromatic heterocycles. The molecule has 8 nitrogen and oxygen atoms in total. The van der Waals surface area contributed by atoms with Gasteiger partial charge >= 0.3 is 6.18 Å². The van der Waals surface area contributed by atoms with Crippen LogP contribution in [0.2, 0.25) is 0 Å². The topological polar surface area (TPSA) is 86.3 Å². The predicted molar refractivity (Wildman–Crippen MR) is 115 cm³/mol. The first-order chi connectivity index (χ1) is 15.1. The van der Waals surface area contributed by atoms with Crippen LogP contribution in [0.15, 0.2) is 51.7 Å². The minimum Gasteiger partial charge on any atom is -0.471 e. The molecule has 0 aliphatic rings. The first-order valence-corrected chi connectivity index (χ1v) is 10.6. The number of anilines is 1. The average molecular weight is 574 g/mol. The van der Waals surface area contributed by atoms with E-state index in [0.29, 0.717) is 16.0 Å². The van der Waals surface area contributed by atoms with Gasteiger partial charge < -0.3 is 10.1 Å². The summed E-state index contributed by atoms with van der Waals surface area (Å²) >= 11 is 6.48. The fraction of sp³-hybridized carbons (Fsp3) is 0.158. The Bertz CT molecular complexity index is 1300. The van der Waals surface area contributed by atoms with Crippen LogP contribution in [0.5, 0.6) is 5.75 Å². The summed E-state index contributed by atoms with van der Waals surface area (Å²) in [6.07, 6.45) is -1.76. The molecule has 1 N–H and O–H groups in total. The maximum absolute atomic E-state index is 13.4. The number of nitrogens with zero attached hydrogens (tertiary/aromatic N) is 5. The molecule has 0 fully saturated rings. The zero-order chi connectivity index (χ0) is 23.0. The van der Waals surface area contributed by atoms with E-state index in [1.54, 1.807) is 12.1 Å². The third kappa shape index (κ3) is 4.63. The summed E-state index contributed by atoms with van der Waals surface area (Å²) in [5, 5.41) is 10.5. The Morgan fingerprint density at radius 2 is 1.94 bits per heavy atom. The number of halogens is 5. The van der Waals surface area contributed by atoms with Crippen LogP contribution in [0, 0.1) is 6.92 Å². The molecule has 0 saturated carbocycles. The van der Waals surface area contributed by atoms with Crippen molar-refractivity contribution in [1.29, 1.82) is 0 Å². The van der Waals surface area contributed by atoms with Gasteiger partial charge in [-0.25, -0.2) is 14.2 Å². The molecule has 3 heterocycles. The standard InChI is InChI=1S/C19H13Br2F3N6O2/c1-10-6-14(19(22,23)24)30-17(26-10)15(21)16(28-30)18(31)27-12-7-25-29(8-12)9-32-13-4-2-11(20)3-5-13/h2-8H,9H2,1H3,(H,27,31). The van der Waals surface area contributed by atoms with Crippen molar-refractivity contribution in [3.8, 4) is 5.75 Å². The highest BCUT2D eigenvalue weighted by atomic mass is 79.9. The van der Waals surface area contributed by atoms with Crippen LogP contribution in [-0.2, 0) is 12.9 Å². The highest BCUT2D eigenvalue weighted by Gasteiger charge is 2.36. The molecule has 4 aromatic rings. The molecule has 0 aliphatic heterocycles. The highest BCUT2D eigenvalue weighted by Crippen LogP contribution is 2.32. The molecule has 1 amide bonds. The van der Waals surface area contributed by atoms with Gasteiger partial charge in [0.25, 0.3) is 5.91 Å². The van der Waals surface area contributed by atoms with Crippen molar-refractivity contribution in [1.82, 2.24) is 24.4 Å². The van der Waals surface area contributed by atoms with E-state index in [1.807, 2.05) is 12.1 Å². The third-order valence-electron chi connectivity index (χ3n) is 4.23. The van der Waals surface area contributed by atoms with Crippen LogP contribution in [0.4, 0.5) is 18.9 Å². The lowest BCUT2D eigenvalue weighted by Crippen LogP contribution is -2.15. The minimum atomic E-state index is -4.67. The molecule has 1 aromatic carbocycles. The largest absolute Gasteiger partial charge is 0.471 e. The van der Waals surface area contributed by atoms with E-state index >= 15 is 0 Å². The summed E-state index contributed by atoms with van der Waals surface area (Å²) in [7, 11) is 0. The first-order valence-electron chi connectivity index (χ1n) is 8.97. The summed E-state index contributed by atoms with van der Waals surface area (Å²) in [4.78, 5) is 16.7. The van der Waals surface area contributed by atoms with Crippen molar-refractivity contribution in [3.63, 3.8) is 0 Å². The lowest BCUT2D eigenvalue weighted by molar-refractivity contribution is -0.142. The lowest BCUT2D eigenvalue weighted by Gasteiger charge is -2.09. The Kier molecular flexibility index (Phi) is 5.95. The Morgan fingerprint density at radius 3 is 2.62 bits per heavy atom. The molecular weight excluding hydrogens is 561 g/mol. The van der Waals surface area contributed by atoms with Gasteiger partial charge in [0.2, 0.25) is 0 Å². The molecular formula is C19H13Br2F3N6O2. The Labute approximate surface area is 195 Å². The normalized spacial score (nSPS) is 11.7. The number of hydrogen-bond acceptors (Lipinski definition) is 5. The van der Waals surface area contributed by atoms with Gasteiger partial charge in [-0.15, -0.1) is 0 Å². The molecule has 0 atom stereocenters. The zero-order valence-corrected chi connectivity index (χ0v) is 19.4. The van der Waals surface area contributed by atoms with Gasteiger partial charge in [0, 0.05) is 10.2 Å². The van der Waals surface area contributed by atoms with Gasteiger partial charge in [-0.05, 0) is 53.2 Å². The summed E-state index contributed by atoms with van der Waals surface area (Å²) < 4.78 is 48.7. The maximum Gasteiger partial charge on any atom is 0.433 e. The molecule has 0 saturated heterocycles. The summed E-state index contributed by atoms with van der Waals surface area (Å²) in [6, 6.07) is 8.09. The van der Waals surface area contributed by atoms with E-state index in [9.17, 15) is 18.0 Å². The van der Waals surface area contributed by atoms with E-state index in [2.05, 4.69) is 52.4 Å². The second-order valence-corrected chi connectivity index (χ2v) is 8.34. The second kappa shape index (κ2) is 8.54. The smallest absolute Gasteiger partial charge is 0.433 e. The number of alkyl halides is 3. The van der Waals surface area contributed by atoms with Gasteiger partial charge in [-0.1, -0.05) is 15.9 Å². The average Bonchev–Trinajstić information content (AvgIpc) is 3.31. The predicted octanol–water partition coefficient (Wildman–Crippen LogP) is 5.07. The van der Waals surface area contributed by atoms with Gasteiger partial charge in [0.1, 0.15) is 11.4 Å². The van der Waals surface area contributed by atoms with Gasteiger partial charge in [-0.3, -0.25) is 4.79 Å². The number of ether oxygens (including phenoxy) is 1. The molecule has 0 bridgehead atoms. The van der Waals surface area contributed by atoms with E-state index < -0.39 is 17.8 Å². The van der Waals surface area contributed by atoms with Crippen molar-refractivity contribution in [2.45, 2.75) is 19.8 Å². The molecule has 166 valence electrons. The number of aromatic nitrogens is 5. The Balaban J connectivity index is 1.52. The van der Waals surface area contributed by atoms with E-state index in [1.165, 1.54) is 24.0 Å². The molecule has 0 aliphatic carbocycles. The second-order valence-electron chi connectivity index (χ2n) is 6.63. The quantitative estimate of drug-likeness (QED) is 0.360. The molecule has 32 heavy (non-hydrogen) atoms. The number of benzene rings is 1. The minimum absolute atomic E-state index is 0.0511. The number of hydrogen-bond donors (Lipinski definition) is 1. The summed E-state index contributed by atoms with van der Waals surface area (Å²) in [5.41, 5.74) is -0.922. The highest BCUT2D eigenvalue weighted by molar-refractivity contribution is 9.11. The van der Waals surface area contributed by atoms with Crippen LogP contribution in [-0.4, -0.2) is 30.3 Å². The van der Waals surface area contributed by atoms with E-state index in [0.717, 1.165) is 10.5 Å². The SMILES string of the molecule is Cc1cc(C(F)(F)F)n2nc(C(=O)Nc3cnn(COc4ccc(Br)cc4)c3)c(Br)c2n1. The van der Waals surface area contributed by atoms with Gasteiger partial charge in [0.05, 0.1) is 22.6 Å². The number of nitrogens with one attached hydrogen (secondary N) is 1. The molecule has 4 rings (SSSR count). The zero-order valence-electron chi connectivity index (χ0n) is 16.2. The number of rotatable bonds is 5. The van der Waals surface area contributed by atoms with E-state index in [4.69, 9.17) is 4.74 Å². The summed E-state index contributed by atoms with van der Waals surface area (Å²) in [5.74, 6) is -0.0901. The fourth-order valence-corrected chi connectivity index (χ4v) is 3.60. The van der Waals surface area contributed by atoms with Crippen molar-refractivity contribution in [3.05, 3.63) is 68.8 Å². The van der Waals surface area contributed by atoms with Crippen LogP contribution >= 0.6 is 31.9 Å². The first kappa shape index (κ1) is 22.3. The maximum atomic E-state index is 13.4. The Morgan fingerprint density at radius 1 is 1.22 bits per heavy atom. The Hall–Kier alpha value is -2.93. The number of fused-ring (bicyclic) bond motifs is 1. The van der Waals surface area contributed by atoms with Crippen molar-refractivity contribution in [2.24, 2.45) is 0 Å². The van der Waals surface area contributed by atoms with Crippen molar-refractivity contribution < 1.29 is 22.7 Å². The fourth-order valence-electron chi connectivity index (χ4n) is 2.82. The van der Waals surface area contributed by atoms with Gasteiger partial charge in [-0.2, -0.15) is 23.4 Å². The molecule has 13 heteroatoms. The van der Waals surface area contributed by atoms with Gasteiger partial charge in [0.15, 0.2) is 18.1 Å². The van der Waals surface area contributed by atoms with Crippen LogP contribution in [0.1, 0.15) is 21.9 Å². The van der Waals surface area contributed by atoms with Crippen LogP contribution in [0.3, 0.4) is 0 Å². The summed E-state index contributed by atoms with van der Waals surface area (Å²) in [6.45, 7) is 1.52. The lowest BCUT2D eigenvalue weighted by atomic mass is 10.3. The molecule has 0 spiro atoms. The third-order valence-corrected chi connectivity index (χ3v) is 5.49. The molecule has 0 unspecified atom stereocenters. The van der Waals surface area contributed by atoms with Crippen LogP contribution in [0.25, 0.3) is 5.65 Å². The number of amides is 1. The molecule has 0 radical (unpaired) electrons. The number of carbonyl (C=O) groups excluding carboxylic acids is 1. The van der Waals surface area contributed by atoms with Crippen molar-refractivity contribution >= 4 is 49.1 Å². The number of aryl methyl sites for hydroxylation is 1. The van der Waals surface area contributed by atoms with E-state index in [-0.39, 0.29) is 28.2 Å². The monoisotopic (exact) mass is 572 g/mol. The number of carbonyl (C=O) groups is 1. The van der Waals surface area contributed by atoms with Crippen LogP contribution < -0.4 is 10.1 Å². The van der Waals surface area contributed by atoms with Crippen molar-refractivity contribution in [2.75, 3.05) is 5.32 Å².